The van der Waals surface area contributed by atoms with Gasteiger partial charge in [0.05, 0.1) is 7.11 Å². The van der Waals surface area contributed by atoms with Crippen LogP contribution >= 0.6 is 12.2 Å². The molecule has 2 aromatic rings. The molecule has 3 rings (SSSR count). The van der Waals surface area contributed by atoms with E-state index in [-0.39, 0.29) is 16.9 Å². The maximum Gasteiger partial charge on any atom is 0.433 e. The van der Waals surface area contributed by atoms with Gasteiger partial charge in [-0.05, 0) is 48.2 Å². The summed E-state index contributed by atoms with van der Waals surface area (Å²) in [5.74, 6) is 1.55. The molecule has 10 heteroatoms. The van der Waals surface area contributed by atoms with Gasteiger partial charge in [-0.25, -0.2) is 4.98 Å². The van der Waals surface area contributed by atoms with E-state index in [0.29, 0.717) is 31.5 Å². The first kappa shape index (κ1) is 23.1. The topological polar surface area (TPSA) is 62.3 Å². The van der Waals surface area contributed by atoms with Gasteiger partial charge < -0.3 is 20.3 Å². The van der Waals surface area contributed by atoms with Crippen molar-refractivity contribution in [3.8, 4) is 5.75 Å². The van der Waals surface area contributed by atoms with Crippen LogP contribution in [0.1, 0.15) is 31.5 Å². The fraction of sp³-hybridized carbons (Fsp3) is 0.476. The third-order valence-corrected chi connectivity index (χ3v) is 5.28. The normalized spacial score (nSPS) is 19.1. The zero-order valence-corrected chi connectivity index (χ0v) is 18.5. The van der Waals surface area contributed by atoms with Gasteiger partial charge in [0.1, 0.15) is 11.6 Å². The van der Waals surface area contributed by atoms with E-state index >= 15 is 0 Å². The van der Waals surface area contributed by atoms with Crippen LogP contribution in [0.25, 0.3) is 0 Å². The lowest BCUT2D eigenvalue weighted by Gasteiger charge is -2.36. The lowest BCUT2D eigenvalue weighted by Crippen LogP contribution is -2.39. The molecular weight excluding hydrogens is 427 g/mol. The Morgan fingerprint density at radius 1 is 1.16 bits per heavy atom. The molecule has 31 heavy (non-hydrogen) atoms. The Bertz CT molecular complexity index is 897. The van der Waals surface area contributed by atoms with E-state index in [1.807, 2.05) is 29.2 Å². The number of aromatic nitrogens is 2. The third kappa shape index (κ3) is 6.43. The van der Waals surface area contributed by atoms with Crippen LogP contribution in [0.2, 0.25) is 0 Å². The summed E-state index contributed by atoms with van der Waals surface area (Å²) in [7, 11) is 1.58. The fourth-order valence-electron chi connectivity index (χ4n) is 3.72. The first-order valence-electron chi connectivity index (χ1n) is 10.0. The second-order valence-corrected chi connectivity index (χ2v) is 8.35. The molecule has 0 radical (unpaired) electrons. The first-order valence-corrected chi connectivity index (χ1v) is 10.4. The van der Waals surface area contributed by atoms with Crippen LogP contribution in [0.3, 0.4) is 0 Å². The van der Waals surface area contributed by atoms with Crippen molar-refractivity contribution in [2.24, 2.45) is 11.8 Å². The number of nitrogens with one attached hydrogen (secondary N) is 2. The molecule has 2 heterocycles. The van der Waals surface area contributed by atoms with E-state index in [9.17, 15) is 13.2 Å². The number of rotatable bonds is 5. The summed E-state index contributed by atoms with van der Waals surface area (Å²) in [6.45, 7) is 5.87. The van der Waals surface area contributed by atoms with Gasteiger partial charge in [-0.1, -0.05) is 26.0 Å². The number of thiocarbonyl (C=S) groups is 1. The zero-order chi connectivity index (χ0) is 22.6. The van der Waals surface area contributed by atoms with Crippen molar-refractivity contribution in [1.29, 1.82) is 0 Å². The van der Waals surface area contributed by atoms with E-state index in [4.69, 9.17) is 17.0 Å². The third-order valence-electron chi connectivity index (χ3n) is 5.03. The highest BCUT2D eigenvalue weighted by Gasteiger charge is 2.35. The van der Waals surface area contributed by atoms with Crippen LogP contribution in [0.15, 0.2) is 30.3 Å². The van der Waals surface area contributed by atoms with Crippen molar-refractivity contribution >= 4 is 29.1 Å². The number of halogens is 3. The molecule has 1 fully saturated rings. The van der Waals surface area contributed by atoms with Crippen molar-refractivity contribution < 1.29 is 17.9 Å². The summed E-state index contributed by atoms with van der Waals surface area (Å²) in [6.07, 6.45) is -3.54. The molecule has 2 N–H and O–H groups in total. The molecule has 1 aromatic carbocycles. The number of piperidine rings is 1. The molecule has 0 amide bonds. The minimum atomic E-state index is -4.58. The average molecular weight is 454 g/mol. The van der Waals surface area contributed by atoms with Gasteiger partial charge in [-0.2, -0.15) is 18.2 Å². The zero-order valence-electron chi connectivity index (χ0n) is 17.7. The second kappa shape index (κ2) is 9.67. The maximum absolute atomic E-state index is 13.4. The minimum Gasteiger partial charge on any atom is -0.497 e. The Morgan fingerprint density at radius 3 is 2.39 bits per heavy atom. The number of hydrogen-bond acceptors (Lipinski definition) is 5. The minimum absolute atomic E-state index is 0.140. The summed E-state index contributed by atoms with van der Waals surface area (Å²) in [6, 6.07) is 8.37. The molecule has 1 aliphatic heterocycles. The fourth-order valence-corrected chi connectivity index (χ4v) is 3.88. The Kier molecular flexibility index (Phi) is 7.19. The highest BCUT2D eigenvalue weighted by molar-refractivity contribution is 7.80. The highest BCUT2D eigenvalue weighted by Crippen LogP contribution is 2.32. The summed E-state index contributed by atoms with van der Waals surface area (Å²) in [5.41, 5.74) is -0.0595. The molecule has 1 saturated heterocycles. The van der Waals surface area contributed by atoms with Gasteiger partial charge in [-0.15, -0.1) is 0 Å². The predicted molar refractivity (Wildman–Crippen MR) is 118 cm³/mol. The average Bonchev–Trinajstić information content (AvgIpc) is 2.71. The van der Waals surface area contributed by atoms with Gasteiger partial charge in [-0.3, -0.25) is 0 Å². The van der Waals surface area contributed by atoms with Crippen molar-refractivity contribution in [3.63, 3.8) is 0 Å². The number of alkyl halides is 3. The Hall–Kier alpha value is -2.62. The monoisotopic (exact) mass is 453 g/mol. The van der Waals surface area contributed by atoms with Crippen molar-refractivity contribution in [3.05, 3.63) is 41.6 Å². The Morgan fingerprint density at radius 2 is 1.81 bits per heavy atom. The summed E-state index contributed by atoms with van der Waals surface area (Å²) >= 11 is 5.24. The molecule has 0 bridgehead atoms. The van der Waals surface area contributed by atoms with E-state index in [0.717, 1.165) is 23.8 Å². The summed E-state index contributed by atoms with van der Waals surface area (Å²) in [4.78, 5) is 9.84. The molecule has 1 aliphatic rings. The molecular formula is C21H26F3N5OS. The molecule has 0 aliphatic carbocycles. The number of anilines is 2. The smallest absolute Gasteiger partial charge is 0.433 e. The summed E-state index contributed by atoms with van der Waals surface area (Å²) < 4.78 is 45.4. The number of ether oxygens (including phenoxy) is 1. The Labute approximate surface area is 185 Å². The van der Waals surface area contributed by atoms with E-state index in [1.165, 1.54) is 0 Å². The van der Waals surface area contributed by atoms with E-state index in [1.54, 1.807) is 7.11 Å². The van der Waals surface area contributed by atoms with Crippen molar-refractivity contribution in [1.82, 2.24) is 15.3 Å². The lowest BCUT2D eigenvalue weighted by molar-refractivity contribution is -0.141. The van der Waals surface area contributed by atoms with Crippen LogP contribution in [0.5, 0.6) is 5.75 Å². The predicted octanol–water partition coefficient (Wildman–Crippen LogP) is 4.47. The van der Waals surface area contributed by atoms with Crippen LogP contribution in [0, 0.1) is 11.8 Å². The van der Waals surface area contributed by atoms with E-state index in [2.05, 4.69) is 34.4 Å². The lowest BCUT2D eigenvalue weighted by atomic mass is 9.92. The second-order valence-electron chi connectivity index (χ2n) is 7.94. The number of methoxy groups -OCH3 is 1. The van der Waals surface area contributed by atoms with Crippen LogP contribution < -0.4 is 20.3 Å². The number of hydrogen-bond donors (Lipinski definition) is 2. The first-order chi connectivity index (χ1) is 14.6. The molecule has 6 nitrogen and oxygen atoms in total. The van der Waals surface area contributed by atoms with Crippen LogP contribution in [-0.4, -0.2) is 35.3 Å². The van der Waals surface area contributed by atoms with Gasteiger partial charge in [0, 0.05) is 25.7 Å². The highest BCUT2D eigenvalue weighted by atomic mass is 32.1. The molecule has 2 atom stereocenters. The largest absolute Gasteiger partial charge is 0.497 e. The SMILES string of the molecule is COc1ccc(CNC(=S)Nc2nc(N3C[C@H](C)C[C@H](C)C3)cc(C(F)(F)F)n2)cc1. The van der Waals surface area contributed by atoms with Crippen LogP contribution in [-0.2, 0) is 12.7 Å². The molecule has 168 valence electrons. The molecule has 0 saturated carbocycles. The maximum atomic E-state index is 13.4. The summed E-state index contributed by atoms with van der Waals surface area (Å²) in [5, 5.41) is 5.80. The van der Waals surface area contributed by atoms with Gasteiger partial charge >= 0.3 is 6.18 Å². The van der Waals surface area contributed by atoms with Crippen molar-refractivity contribution in [2.45, 2.75) is 33.0 Å². The van der Waals surface area contributed by atoms with Gasteiger partial charge in [0.25, 0.3) is 0 Å². The van der Waals surface area contributed by atoms with Gasteiger partial charge in [0.15, 0.2) is 10.8 Å². The number of nitrogens with zero attached hydrogens (tertiary/aromatic N) is 3. The molecule has 0 unspecified atom stereocenters. The Balaban J connectivity index is 1.73. The van der Waals surface area contributed by atoms with E-state index < -0.39 is 11.9 Å². The van der Waals surface area contributed by atoms with Gasteiger partial charge in [0.2, 0.25) is 5.95 Å². The molecule has 1 aromatic heterocycles. The van der Waals surface area contributed by atoms with Crippen molar-refractivity contribution in [2.75, 3.05) is 30.4 Å². The molecule has 0 spiro atoms. The van der Waals surface area contributed by atoms with Crippen LogP contribution in [0.4, 0.5) is 24.9 Å². The quantitative estimate of drug-likeness (QED) is 0.648. The number of benzene rings is 1. The standard InChI is InChI=1S/C21H26F3N5OS/c1-13-8-14(2)12-29(11-13)18-9-17(21(22,23)24)26-19(27-18)28-20(31)25-10-15-4-6-16(30-3)7-5-15/h4-7,9,13-14H,8,10-12H2,1-3H3,(H2,25,26,27,28,31)/t13-,14+.